The molecule has 4 heterocycles. The molecule has 0 aliphatic carbocycles. The van der Waals surface area contributed by atoms with Gasteiger partial charge in [0, 0.05) is 30.5 Å². The lowest BCUT2D eigenvalue weighted by Gasteiger charge is -2.32. The number of methoxy groups -OCH3 is 1. The van der Waals surface area contributed by atoms with E-state index in [1.165, 1.54) is 0 Å². The molecule has 2 N–H and O–H groups in total. The molecule has 0 unspecified atom stereocenters. The second-order valence-corrected chi connectivity index (χ2v) is 7.77. The summed E-state index contributed by atoms with van der Waals surface area (Å²) in [7, 11) is 1.61. The zero-order chi connectivity index (χ0) is 21.9. The van der Waals surface area contributed by atoms with Crippen LogP contribution in [-0.4, -0.2) is 51.3 Å². The normalized spacial score (nSPS) is 16.2. The monoisotopic (exact) mass is 428 g/mol. The molecule has 4 aromatic rings. The fourth-order valence-corrected chi connectivity index (χ4v) is 4.00. The minimum absolute atomic E-state index is 0.382. The molecule has 1 aromatic carbocycles. The van der Waals surface area contributed by atoms with E-state index >= 15 is 0 Å². The predicted octanol–water partition coefficient (Wildman–Crippen LogP) is 3.80. The number of nitrogens with zero attached hydrogens (tertiary/aromatic N) is 5. The highest BCUT2D eigenvalue weighted by Crippen LogP contribution is 2.35. The second kappa shape index (κ2) is 8.76. The van der Waals surface area contributed by atoms with E-state index in [1.54, 1.807) is 25.7 Å². The van der Waals surface area contributed by atoms with Crippen molar-refractivity contribution in [2.45, 2.75) is 18.9 Å². The van der Waals surface area contributed by atoms with Gasteiger partial charge in [0.15, 0.2) is 5.82 Å². The van der Waals surface area contributed by atoms with Crippen LogP contribution in [0, 0.1) is 0 Å². The van der Waals surface area contributed by atoms with E-state index in [1.807, 2.05) is 42.5 Å². The molecule has 1 atom stereocenters. The summed E-state index contributed by atoms with van der Waals surface area (Å²) in [5, 5.41) is 14.4. The van der Waals surface area contributed by atoms with Gasteiger partial charge in [-0.1, -0.05) is 18.2 Å². The molecule has 5 rings (SSSR count). The number of nitrogens with one attached hydrogen (secondary N) is 1. The van der Waals surface area contributed by atoms with Gasteiger partial charge in [0.05, 0.1) is 36.5 Å². The number of para-hydroxylation sites is 1. The van der Waals surface area contributed by atoms with Gasteiger partial charge in [-0.2, -0.15) is 0 Å². The lowest BCUT2D eigenvalue weighted by molar-refractivity contribution is 0.154. The number of hydrogen-bond donors (Lipinski definition) is 2. The Labute approximate surface area is 186 Å². The first-order valence-corrected chi connectivity index (χ1v) is 10.6. The van der Waals surface area contributed by atoms with Crippen LogP contribution in [0.5, 0.6) is 5.75 Å². The number of hydrogen-bond acceptors (Lipinski definition) is 8. The molecule has 8 nitrogen and oxygen atoms in total. The quantitative estimate of drug-likeness (QED) is 0.496. The van der Waals surface area contributed by atoms with Gasteiger partial charge >= 0.3 is 0 Å². The van der Waals surface area contributed by atoms with E-state index < -0.39 is 0 Å². The van der Waals surface area contributed by atoms with Crippen LogP contribution in [0.15, 0.2) is 61.1 Å². The first-order chi connectivity index (χ1) is 15.7. The highest BCUT2D eigenvalue weighted by molar-refractivity contribution is 5.95. The number of fused-ring (bicyclic) bond motifs is 1. The van der Waals surface area contributed by atoms with Crippen LogP contribution in [0.1, 0.15) is 12.8 Å². The molecule has 8 heteroatoms. The Bertz CT molecular complexity index is 1230. The van der Waals surface area contributed by atoms with Gasteiger partial charge in [-0.05, 0) is 37.1 Å². The lowest BCUT2D eigenvalue weighted by atomic mass is 10.1. The highest BCUT2D eigenvalue weighted by atomic mass is 16.5. The van der Waals surface area contributed by atoms with Crippen molar-refractivity contribution in [1.29, 1.82) is 0 Å². The minimum Gasteiger partial charge on any atom is -0.494 e. The van der Waals surface area contributed by atoms with Crippen molar-refractivity contribution >= 4 is 28.2 Å². The number of piperidine rings is 1. The Hall–Kier alpha value is -3.78. The molecule has 0 radical (unpaired) electrons. The maximum atomic E-state index is 10.3. The van der Waals surface area contributed by atoms with Crippen LogP contribution in [0.4, 0.5) is 17.3 Å². The van der Waals surface area contributed by atoms with Gasteiger partial charge in [-0.15, -0.1) is 0 Å². The summed E-state index contributed by atoms with van der Waals surface area (Å²) in [6.07, 6.45) is 6.44. The Balaban J connectivity index is 1.60. The molecule has 0 bridgehead atoms. The Kier molecular flexibility index (Phi) is 5.51. The Morgan fingerprint density at radius 3 is 2.81 bits per heavy atom. The number of aliphatic hydroxyl groups is 1. The maximum absolute atomic E-state index is 10.3. The number of rotatable bonds is 5. The minimum atomic E-state index is -0.382. The first kappa shape index (κ1) is 20.1. The number of anilines is 3. The van der Waals surface area contributed by atoms with E-state index in [0.29, 0.717) is 29.5 Å². The Morgan fingerprint density at radius 2 is 2.00 bits per heavy atom. The Morgan fingerprint density at radius 1 is 1.12 bits per heavy atom. The largest absolute Gasteiger partial charge is 0.494 e. The standard InChI is InChI=1S/C24H24N6O2/c1-32-20-14-25-13-19-22(20)24(30-11-5-8-18(31)15-30)29-23(28-19)16-9-10-26-21(12-16)27-17-6-3-2-4-7-17/h2-4,6-7,9-10,12-14,18,31H,5,8,11,15H2,1H3,(H,26,27)/t18-/m0/s1. The van der Waals surface area contributed by atoms with Gasteiger partial charge in [-0.3, -0.25) is 4.98 Å². The average molecular weight is 428 g/mol. The first-order valence-electron chi connectivity index (χ1n) is 10.6. The smallest absolute Gasteiger partial charge is 0.162 e. The van der Waals surface area contributed by atoms with Gasteiger partial charge < -0.3 is 20.1 Å². The van der Waals surface area contributed by atoms with Crippen molar-refractivity contribution < 1.29 is 9.84 Å². The topological polar surface area (TPSA) is 96.3 Å². The number of aromatic nitrogens is 4. The van der Waals surface area contributed by atoms with Gasteiger partial charge in [0.1, 0.15) is 17.4 Å². The highest BCUT2D eigenvalue weighted by Gasteiger charge is 2.24. The SMILES string of the molecule is COc1cncc2nc(-c3ccnc(Nc4ccccc4)c3)nc(N3CCC[C@H](O)C3)c12. The molecular formula is C24H24N6O2. The molecule has 32 heavy (non-hydrogen) atoms. The molecule has 0 amide bonds. The van der Waals surface area contributed by atoms with E-state index in [-0.39, 0.29) is 6.10 Å². The molecule has 1 fully saturated rings. The molecule has 3 aromatic heterocycles. The third kappa shape index (κ3) is 4.04. The van der Waals surface area contributed by atoms with Crippen LogP contribution >= 0.6 is 0 Å². The lowest BCUT2D eigenvalue weighted by Crippen LogP contribution is -2.39. The predicted molar refractivity (Wildman–Crippen MR) is 124 cm³/mol. The van der Waals surface area contributed by atoms with Crippen LogP contribution in [0.2, 0.25) is 0 Å². The van der Waals surface area contributed by atoms with Crippen molar-refractivity contribution in [1.82, 2.24) is 19.9 Å². The number of aliphatic hydroxyl groups excluding tert-OH is 1. The molecule has 1 aliphatic rings. The fraction of sp³-hybridized carbons (Fsp3) is 0.250. The van der Waals surface area contributed by atoms with Gasteiger partial charge in [0.25, 0.3) is 0 Å². The van der Waals surface area contributed by atoms with Crippen molar-refractivity contribution in [3.8, 4) is 17.1 Å². The summed E-state index contributed by atoms with van der Waals surface area (Å²) in [5.74, 6) is 2.64. The van der Waals surface area contributed by atoms with Crippen LogP contribution in [0.3, 0.4) is 0 Å². The summed E-state index contributed by atoms with van der Waals surface area (Å²) in [6.45, 7) is 1.33. The molecule has 162 valence electrons. The van der Waals surface area contributed by atoms with Crippen molar-refractivity contribution in [3.63, 3.8) is 0 Å². The van der Waals surface area contributed by atoms with Gasteiger partial charge in [-0.25, -0.2) is 15.0 Å². The van der Waals surface area contributed by atoms with E-state index in [0.717, 1.165) is 41.8 Å². The van der Waals surface area contributed by atoms with Crippen molar-refractivity contribution in [3.05, 3.63) is 61.1 Å². The molecule has 1 aliphatic heterocycles. The van der Waals surface area contributed by atoms with Crippen molar-refractivity contribution in [2.75, 3.05) is 30.4 Å². The molecular weight excluding hydrogens is 404 g/mol. The third-order valence-corrected chi connectivity index (χ3v) is 5.53. The summed E-state index contributed by atoms with van der Waals surface area (Å²) in [4.78, 5) is 20.5. The van der Waals surface area contributed by atoms with E-state index in [2.05, 4.69) is 20.2 Å². The number of ether oxygens (including phenoxy) is 1. The molecule has 0 saturated carbocycles. The number of pyridine rings is 2. The number of benzene rings is 1. The average Bonchev–Trinajstić information content (AvgIpc) is 2.83. The molecule has 0 spiro atoms. The summed E-state index contributed by atoms with van der Waals surface area (Å²) in [5.41, 5.74) is 2.48. The van der Waals surface area contributed by atoms with E-state index in [9.17, 15) is 5.11 Å². The number of β-amino-alcohol motifs (C(OH)–C–C–N with tert-alkyl or cyclic N) is 1. The zero-order valence-electron chi connectivity index (χ0n) is 17.8. The summed E-state index contributed by atoms with van der Waals surface area (Å²) in [6, 6.07) is 13.7. The maximum Gasteiger partial charge on any atom is 0.162 e. The second-order valence-electron chi connectivity index (χ2n) is 7.77. The fourth-order valence-electron chi connectivity index (χ4n) is 4.00. The molecule has 1 saturated heterocycles. The zero-order valence-corrected chi connectivity index (χ0v) is 17.8. The van der Waals surface area contributed by atoms with Gasteiger partial charge in [0.2, 0.25) is 0 Å². The van der Waals surface area contributed by atoms with Crippen LogP contribution in [0.25, 0.3) is 22.3 Å². The summed E-state index contributed by atoms with van der Waals surface area (Å²) < 4.78 is 5.57. The van der Waals surface area contributed by atoms with Crippen LogP contribution in [-0.2, 0) is 0 Å². The third-order valence-electron chi connectivity index (χ3n) is 5.53. The van der Waals surface area contributed by atoms with Crippen LogP contribution < -0.4 is 15.0 Å². The van der Waals surface area contributed by atoms with E-state index in [4.69, 9.17) is 14.7 Å². The summed E-state index contributed by atoms with van der Waals surface area (Å²) >= 11 is 0. The van der Waals surface area contributed by atoms with Crippen molar-refractivity contribution in [2.24, 2.45) is 0 Å².